The zero-order valence-electron chi connectivity index (χ0n) is 15.5. The molecule has 1 aromatic rings. The summed E-state index contributed by atoms with van der Waals surface area (Å²) in [4.78, 5) is 9.21. The van der Waals surface area contributed by atoms with Crippen LogP contribution < -0.4 is 5.32 Å². The van der Waals surface area contributed by atoms with Crippen molar-refractivity contribution in [1.82, 2.24) is 15.1 Å². The molecule has 4 nitrogen and oxygen atoms in total. The van der Waals surface area contributed by atoms with Crippen molar-refractivity contribution >= 4 is 5.96 Å². The molecule has 1 aliphatic heterocycles. The monoisotopic (exact) mass is 328 g/mol. The lowest BCUT2D eigenvalue weighted by atomic mass is 9.86. The van der Waals surface area contributed by atoms with Crippen LogP contribution in [0.5, 0.6) is 0 Å². The number of guanidine groups is 1. The van der Waals surface area contributed by atoms with E-state index >= 15 is 0 Å². The largest absolute Gasteiger partial charge is 0.352 e. The van der Waals surface area contributed by atoms with Crippen LogP contribution in [0.1, 0.15) is 43.2 Å². The molecule has 4 heteroatoms. The maximum atomic E-state index is 4.53. The molecule has 0 bridgehead atoms. The quantitative estimate of drug-likeness (QED) is 0.681. The Labute approximate surface area is 146 Å². The van der Waals surface area contributed by atoms with Gasteiger partial charge in [0, 0.05) is 33.2 Å². The van der Waals surface area contributed by atoms with Gasteiger partial charge in [0.1, 0.15) is 0 Å². The van der Waals surface area contributed by atoms with Crippen molar-refractivity contribution in [3.63, 3.8) is 0 Å². The molecule has 1 spiro atoms. The molecule has 0 amide bonds. The average molecular weight is 329 g/mol. The van der Waals surface area contributed by atoms with Crippen molar-refractivity contribution in [3.8, 4) is 0 Å². The van der Waals surface area contributed by atoms with Gasteiger partial charge in [-0.25, -0.2) is 0 Å². The summed E-state index contributed by atoms with van der Waals surface area (Å²) in [5.74, 6) is 1.07. The molecule has 3 rings (SSSR count). The molecule has 24 heavy (non-hydrogen) atoms. The lowest BCUT2D eigenvalue weighted by Crippen LogP contribution is -2.40. The topological polar surface area (TPSA) is 30.9 Å². The van der Waals surface area contributed by atoms with Crippen molar-refractivity contribution in [3.05, 3.63) is 35.4 Å². The molecule has 132 valence electrons. The number of nitrogens with one attached hydrogen (secondary N) is 1. The molecule has 2 aliphatic rings. The third-order valence-corrected chi connectivity index (χ3v) is 5.55. The molecular formula is C20H32N4. The summed E-state index contributed by atoms with van der Waals surface area (Å²) in [6.07, 6.45) is 6.99. The first-order valence-corrected chi connectivity index (χ1v) is 9.28. The van der Waals surface area contributed by atoms with Crippen LogP contribution in [-0.4, -0.2) is 50.0 Å². The van der Waals surface area contributed by atoms with Crippen molar-refractivity contribution in [2.45, 2.75) is 45.2 Å². The fourth-order valence-corrected chi connectivity index (χ4v) is 4.37. The summed E-state index contributed by atoms with van der Waals surface area (Å²) >= 11 is 0. The number of nitrogens with zero attached hydrogens (tertiary/aromatic N) is 3. The molecule has 1 saturated carbocycles. The maximum absolute atomic E-state index is 4.53. The van der Waals surface area contributed by atoms with Gasteiger partial charge in [-0.15, -0.1) is 0 Å². The Balaban J connectivity index is 1.57. The molecule has 2 fully saturated rings. The molecule has 1 saturated heterocycles. The van der Waals surface area contributed by atoms with E-state index in [4.69, 9.17) is 0 Å². The Morgan fingerprint density at radius 3 is 2.67 bits per heavy atom. The number of likely N-dealkylation sites (tertiary alicyclic amines) is 1. The van der Waals surface area contributed by atoms with Gasteiger partial charge in [-0.3, -0.25) is 4.99 Å². The first kappa shape index (κ1) is 17.3. The number of hydrogen-bond acceptors (Lipinski definition) is 2. The predicted molar refractivity (Wildman–Crippen MR) is 101 cm³/mol. The van der Waals surface area contributed by atoms with Crippen molar-refractivity contribution in [1.29, 1.82) is 0 Å². The third kappa shape index (κ3) is 4.10. The van der Waals surface area contributed by atoms with E-state index in [2.05, 4.69) is 58.5 Å². The molecule has 0 aromatic heterocycles. The molecular weight excluding hydrogens is 296 g/mol. The second-order valence-electron chi connectivity index (χ2n) is 7.84. The normalized spacial score (nSPS) is 20.3. The second-order valence-corrected chi connectivity index (χ2v) is 7.84. The Kier molecular flexibility index (Phi) is 5.44. The van der Waals surface area contributed by atoms with Gasteiger partial charge in [-0.05, 0) is 49.9 Å². The van der Waals surface area contributed by atoms with Gasteiger partial charge in [0.05, 0.1) is 0 Å². The Morgan fingerprint density at radius 1 is 1.21 bits per heavy atom. The maximum Gasteiger partial charge on any atom is 0.193 e. The zero-order valence-corrected chi connectivity index (χ0v) is 15.5. The highest BCUT2D eigenvalue weighted by atomic mass is 15.3. The Morgan fingerprint density at radius 2 is 1.96 bits per heavy atom. The van der Waals surface area contributed by atoms with Crippen LogP contribution in [0.25, 0.3) is 0 Å². The van der Waals surface area contributed by atoms with Crippen LogP contribution >= 0.6 is 0 Å². The minimum atomic E-state index is 0.587. The average Bonchev–Trinajstić information content (AvgIpc) is 3.18. The van der Waals surface area contributed by atoms with Gasteiger partial charge in [0.25, 0.3) is 0 Å². The summed E-state index contributed by atoms with van der Waals surface area (Å²) in [7, 11) is 6.13. The number of rotatable bonds is 4. The van der Waals surface area contributed by atoms with Crippen molar-refractivity contribution in [2.75, 3.05) is 34.2 Å². The van der Waals surface area contributed by atoms with E-state index in [0.29, 0.717) is 5.41 Å². The highest BCUT2D eigenvalue weighted by Crippen LogP contribution is 2.45. The van der Waals surface area contributed by atoms with Crippen LogP contribution in [0, 0.1) is 5.41 Å². The lowest BCUT2D eigenvalue weighted by molar-refractivity contribution is 0.309. The van der Waals surface area contributed by atoms with Gasteiger partial charge in [0.15, 0.2) is 5.96 Å². The summed E-state index contributed by atoms with van der Waals surface area (Å²) in [6, 6.07) is 8.84. The number of hydrogen-bond donors (Lipinski definition) is 1. The molecule has 1 aromatic carbocycles. The van der Waals surface area contributed by atoms with Crippen LogP contribution in [0.3, 0.4) is 0 Å². The highest BCUT2D eigenvalue weighted by molar-refractivity contribution is 5.80. The van der Waals surface area contributed by atoms with Crippen molar-refractivity contribution < 1.29 is 0 Å². The summed E-state index contributed by atoms with van der Waals surface area (Å²) in [5, 5.41) is 3.58. The smallest absolute Gasteiger partial charge is 0.193 e. The van der Waals surface area contributed by atoms with Crippen LogP contribution in [0.15, 0.2) is 29.3 Å². The van der Waals surface area contributed by atoms with Crippen LogP contribution in [-0.2, 0) is 13.1 Å². The minimum Gasteiger partial charge on any atom is -0.352 e. The minimum absolute atomic E-state index is 0.587. The predicted octanol–water partition coefficient (Wildman–Crippen LogP) is 3.09. The third-order valence-electron chi connectivity index (χ3n) is 5.55. The fourth-order valence-electron chi connectivity index (χ4n) is 4.37. The highest BCUT2D eigenvalue weighted by Gasteiger charge is 2.40. The SMILES string of the molecule is CN=C(NCc1cccc(CN(C)C)c1)N1CCC2(CCCC2)C1. The van der Waals surface area contributed by atoms with Gasteiger partial charge >= 0.3 is 0 Å². The zero-order chi connectivity index (χ0) is 17.0. The van der Waals surface area contributed by atoms with Gasteiger partial charge in [0.2, 0.25) is 0 Å². The summed E-state index contributed by atoms with van der Waals surface area (Å²) in [5.41, 5.74) is 3.27. The van der Waals surface area contributed by atoms with E-state index in [9.17, 15) is 0 Å². The first-order chi connectivity index (χ1) is 11.6. The number of aliphatic imine (C=N–C) groups is 1. The summed E-state index contributed by atoms with van der Waals surface area (Å²) in [6.45, 7) is 4.17. The van der Waals surface area contributed by atoms with E-state index in [1.165, 1.54) is 49.8 Å². The first-order valence-electron chi connectivity index (χ1n) is 9.28. The van der Waals surface area contributed by atoms with Crippen LogP contribution in [0.2, 0.25) is 0 Å². The molecule has 1 N–H and O–H groups in total. The second kappa shape index (κ2) is 7.56. The van der Waals surface area contributed by atoms with E-state index in [1.807, 2.05) is 7.05 Å². The van der Waals surface area contributed by atoms with E-state index in [1.54, 1.807) is 0 Å². The van der Waals surface area contributed by atoms with Gasteiger partial charge in [-0.2, -0.15) is 0 Å². The fraction of sp³-hybridized carbons (Fsp3) is 0.650. The molecule has 0 atom stereocenters. The molecule has 0 unspecified atom stereocenters. The Bertz CT molecular complexity index is 573. The van der Waals surface area contributed by atoms with Gasteiger partial charge in [-0.1, -0.05) is 37.1 Å². The standard InChI is InChI=1S/C20H32N4/c1-21-19(24-12-11-20(16-24)9-4-5-10-20)22-14-17-7-6-8-18(13-17)15-23(2)3/h6-8,13H,4-5,9-12,14-16H2,1-3H3,(H,21,22). The number of benzene rings is 1. The van der Waals surface area contributed by atoms with E-state index in [-0.39, 0.29) is 0 Å². The van der Waals surface area contributed by atoms with Gasteiger partial charge < -0.3 is 15.1 Å². The van der Waals surface area contributed by atoms with Crippen molar-refractivity contribution in [2.24, 2.45) is 10.4 Å². The summed E-state index contributed by atoms with van der Waals surface area (Å²) < 4.78 is 0. The van der Waals surface area contributed by atoms with Crippen LogP contribution in [0.4, 0.5) is 0 Å². The molecule has 1 aliphatic carbocycles. The lowest BCUT2D eigenvalue weighted by Gasteiger charge is -2.26. The molecule has 0 radical (unpaired) electrons. The molecule has 1 heterocycles. The van der Waals surface area contributed by atoms with E-state index < -0.39 is 0 Å². The Hall–Kier alpha value is -1.55. The van der Waals surface area contributed by atoms with E-state index in [0.717, 1.165) is 25.6 Å².